The molecule has 1 saturated heterocycles. The minimum absolute atomic E-state index is 0.0663. The van der Waals surface area contributed by atoms with Gasteiger partial charge in [-0.25, -0.2) is 9.97 Å². The van der Waals surface area contributed by atoms with Crippen molar-refractivity contribution in [1.82, 2.24) is 20.4 Å². The van der Waals surface area contributed by atoms with E-state index in [0.717, 1.165) is 6.54 Å². The molecule has 0 unspecified atom stereocenters. The van der Waals surface area contributed by atoms with Crippen LogP contribution in [0.15, 0.2) is 0 Å². The van der Waals surface area contributed by atoms with Crippen LogP contribution < -0.4 is 21.7 Å². The lowest BCUT2D eigenvalue weighted by atomic mass is 10.2. The number of morpholine rings is 1. The SMILES string of the molecule is CN1CCO[C@@H](CN2NNc3c(N)nc(C(F)(F)F)nc32)C1. The predicted octanol–water partition coefficient (Wildman–Crippen LogP) is 0.0597. The largest absolute Gasteiger partial charge is 0.451 e. The second-order valence-electron chi connectivity index (χ2n) is 5.23. The number of nitrogens with two attached hydrogens (primary N) is 1. The van der Waals surface area contributed by atoms with Gasteiger partial charge in [-0.3, -0.25) is 10.4 Å². The van der Waals surface area contributed by atoms with Crippen LogP contribution in [0.25, 0.3) is 0 Å². The van der Waals surface area contributed by atoms with E-state index in [9.17, 15) is 13.2 Å². The number of fused-ring (bicyclic) bond motifs is 1. The van der Waals surface area contributed by atoms with Crippen molar-refractivity contribution in [2.24, 2.45) is 0 Å². The molecule has 3 rings (SSSR count). The lowest BCUT2D eigenvalue weighted by molar-refractivity contribution is -0.144. The molecule has 1 atom stereocenters. The van der Waals surface area contributed by atoms with E-state index >= 15 is 0 Å². The predicted molar refractivity (Wildman–Crippen MR) is 72.8 cm³/mol. The zero-order valence-corrected chi connectivity index (χ0v) is 11.8. The highest BCUT2D eigenvalue weighted by molar-refractivity contribution is 5.78. The summed E-state index contributed by atoms with van der Waals surface area (Å²) in [6.07, 6.45) is -4.80. The van der Waals surface area contributed by atoms with E-state index in [0.29, 0.717) is 19.7 Å². The molecule has 8 nitrogen and oxygen atoms in total. The second-order valence-corrected chi connectivity index (χ2v) is 5.23. The first kappa shape index (κ1) is 15.1. The third kappa shape index (κ3) is 2.87. The van der Waals surface area contributed by atoms with Gasteiger partial charge < -0.3 is 15.4 Å². The summed E-state index contributed by atoms with van der Waals surface area (Å²) in [5.41, 5.74) is 11.2. The van der Waals surface area contributed by atoms with Gasteiger partial charge in [0.05, 0.1) is 19.3 Å². The van der Waals surface area contributed by atoms with Crippen molar-refractivity contribution < 1.29 is 17.9 Å². The number of likely N-dealkylation sites (N-methyl/N-ethyl adjacent to an activating group) is 1. The first-order valence-corrected chi connectivity index (χ1v) is 6.68. The average Bonchev–Trinajstić information content (AvgIpc) is 2.82. The summed E-state index contributed by atoms with van der Waals surface area (Å²) in [6.45, 7) is 2.42. The zero-order chi connectivity index (χ0) is 15.9. The third-order valence-electron chi connectivity index (χ3n) is 3.47. The molecule has 4 N–H and O–H groups in total. The molecule has 0 amide bonds. The monoisotopic (exact) mass is 319 g/mol. The molecule has 0 saturated carbocycles. The number of anilines is 3. The van der Waals surface area contributed by atoms with Gasteiger partial charge in [-0.15, -0.1) is 5.53 Å². The first-order valence-electron chi connectivity index (χ1n) is 6.68. The van der Waals surface area contributed by atoms with Crippen LogP contribution in [0.1, 0.15) is 5.82 Å². The van der Waals surface area contributed by atoms with Crippen molar-refractivity contribution in [3.05, 3.63) is 5.82 Å². The topological polar surface area (TPSA) is 91.6 Å². The van der Waals surface area contributed by atoms with E-state index in [1.54, 1.807) is 0 Å². The van der Waals surface area contributed by atoms with Crippen molar-refractivity contribution in [2.45, 2.75) is 12.3 Å². The molecule has 1 aromatic heterocycles. The fourth-order valence-corrected chi connectivity index (χ4v) is 2.40. The van der Waals surface area contributed by atoms with Gasteiger partial charge in [-0.05, 0) is 7.05 Å². The Kier molecular flexibility index (Phi) is 3.70. The molecule has 11 heteroatoms. The van der Waals surface area contributed by atoms with E-state index in [1.165, 1.54) is 5.01 Å². The summed E-state index contributed by atoms with van der Waals surface area (Å²) < 4.78 is 44.0. The molecule has 0 bridgehead atoms. The molecule has 122 valence electrons. The molecule has 1 aromatic rings. The molecule has 1 fully saturated rings. The molecule has 0 aromatic carbocycles. The standard InChI is InChI=1S/C11H16F3N7O/c1-20-2-3-22-6(4-20)5-21-9-7(18-19-21)8(15)16-10(17-9)11(12,13)14/h6,18-19H,2-5H2,1H3,(H2,15,16,17)/t6-/m1/s1. The van der Waals surface area contributed by atoms with Crippen LogP contribution in [0.3, 0.4) is 0 Å². The molecule has 22 heavy (non-hydrogen) atoms. The van der Waals surface area contributed by atoms with Crippen molar-refractivity contribution in [2.75, 3.05) is 49.5 Å². The summed E-state index contributed by atoms with van der Waals surface area (Å²) in [7, 11) is 1.96. The number of rotatable bonds is 2. The van der Waals surface area contributed by atoms with Crippen molar-refractivity contribution >= 4 is 17.3 Å². The third-order valence-corrected chi connectivity index (χ3v) is 3.47. The summed E-state index contributed by atoms with van der Waals surface area (Å²) in [4.78, 5) is 8.94. The number of nitrogens with one attached hydrogen (secondary N) is 2. The number of nitrogen functional groups attached to an aromatic ring is 1. The lowest BCUT2D eigenvalue weighted by Crippen LogP contribution is -2.49. The van der Waals surface area contributed by atoms with Gasteiger partial charge in [0, 0.05) is 13.1 Å². The van der Waals surface area contributed by atoms with E-state index in [1.807, 2.05) is 7.05 Å². The lowest BCUT2D eigenvalue weighted by Gasteiger charge is -2.32. The Morgan fingerprint density at radius 3 is 2.86 bits per heavy atom. The summed E-state index contributed by atoms with van der Waals surface area (Å²) in [5.74, 6) is -1.45. The van der Waals surface area contributed by atoms with Crippen LogP contribution in [0, 0.1) is 0 Å². The Morgan fingerprint density at radius 2 is 2.18 bits per heavy atom. The number of alkyl halides is 3. The van der Waals surface area contributed by atoms with Gasteiger partial charge in [0.15, 0.2) is 11.6 Å². The fraction of sp³-hybridized carbons (Fsp3) is 0.636. The summed E-state index contributed by atoms with van der Waals surface area (Å²) in [5, 5.41) is 1.45. The number of ether oxygens (including phenoxy) is 1. The number of halogens is 3. The fourth-order valence-electron chi connectivity index (χ4n) is 2.40. The second kappa shape index (κ2) is 5.41. The Bertz CT molecular complexity index is 567. The van der Waals surface area contributed by atoms with Crippen LogP contribution in [-0.4, -0.2) is 54.3 Å². The molecular weight excluding hydrogens is 303 g/mol. The zero-order valence-electron chi connectivity index (χ0n) is 11.8. The number of nitrogens with zero attached hydrogens (tertiary/aromatic N) is 4. The van der Waals surface area contributed by atoms with Crippen LogP contribution in [-0.2, 0) is 10.9 Å². The molecule has 0 spiro atoms. The number of aromatic nitrogens is 2. The van der Waals surface area contributed by atoms with E-state index in [4.69, 9.17) is 10.5 Å². The highest BCUT2D eigenvalue weighted by atomic mass is 19.4. The Morgan fingerprint density at radius 1 is 1.41 bits per heavy atom. The Balaban J connectivity index is 1.82. The van der Waals surface area contributed by atoms with Crippen LogP contribution >= 0.6 is 0 Å². The van der Waals surface area contributed by atoms with Gasteiger partial charge in [-0.1, -0.05) is 0 Å². The minimum Gasteiger partial charge on any atom is -0.382 e. The van der Waals surface area contributed by atoms with E-state index < -0.39 is 12.0 Å². The first-order chi connectivity index (χ1) is 10.3. The van der Waals surface area contributed by atoms with Crippen molar-refractivity contribution in [3.63, 3.8) is 0 Å². The molecule has 2 aliphatic heterocycles. The highest BCUT2D eigenvalue weighted by Crippen LogP contribution is 2.36. The smallest absolute Gasteiger partial charge is 0.382 e. The van der Waals surface area contributed by atoms with Crippen molar-refractivity contribution in [3.8, 4) is 0 Å². The maximum atomic E-state index is 12.8. The van der Waals surface area contributed by atoms with Gasteiger partial charge in [0.25, 0.3) is 0 Å². The van der Waals surface area contributed by atoms with Crippen LogP contribution in [0.2, 0.25) is 0 Å². The van der Waals surface area contributed by atoms with Gasteiger partial charge >= 0.3 is 6.18 Å². The molecule has 3 heterocycles. The maximum absolute atomic E-state index is 12.8. The van der Waals surface area contributed by atoms with Crippen LogP contribution in [0.4, 0.5) is 30.5 Å². The summed E-state index contributed by atoms with van der Waals surface area (Å²) in [6, 6.07) is 0. The summed E-state index contributed by atoms with van der Waals surface area (Å²) >= 11 is 0. The maximum Gasteiger partial charge on any atom is 0.451 e. The van der Waals surface area contributed by atoms with Gasteiger partial charge in [-0.2, -0.15) is 13.2 Å². The molecule has 0 aliphatic carbocycles. The minimum atomic E-state index is -4.65. The normalized spacial score (nSPS) is 22.5. The number of hydrogen-bond acceptors (Lipinski definition) is 8. The van der Waals surface area contributed by atoms with Gasteiger partial charge in [0.1, 0.15) is 5.69 Å². The Hall–Kier alpha value is -1.85. The quantitative estimate of drug-likeness (QED) is 0.705. The van der Waals surface area contributed by atoms with E-state index in [2.05, 4.69) is 25.8 Å². The van der Waals surface area contributed by atoms with E-state index in [-0.39, 0.29) is 23.4 Å². The highest BCUT2D eigenvalue weighted by Gasteiger charge is 2.38. The number of hydrazine groups is 2. The molecular formula is C11H16F3N7O. The Labute approximate surface area is 124 Å². The van der Waals surface area contributed by atoms with Crippen molar-refractivity contribution in [1.29, 1.82) is 0 Å². The average molecular weight is 319 g/mol. The van der Waals surface area contributed by atoms with Gasteiger partial charge in [0.2, 0.25) is 5.82 Å². The number of hydrogen-bond donors (Lipinski definition) is 3. The molecule has 0 radical (unpaired) electrons. The molecule has 2 aliphatic rings. The van der Waals surface area contributed by atoms with Crippen LogP contribution in [0.5, 0.6) is 0 Å².